The van der Waals surface area contributed by atoms with Crippen LogP contribution in [0.2, 0.25) is 0 Å². The fourth-order valence-corrected chi connectivity index (χ4v) is 8.25. The van der Waals surface area contributed by atoms with E-state index >= 15 is 0 Å². The van der Waals surface area contributed by atoms with Crippen LogP contribution in [0.5, 0.6) is 0 Å². The molecule has 48 heavy (non-hydrogen) atoms. The number of hydrogen-bond donors (Lipinski definition) is 0. The summed E-state index contributed by atoms with van der Waals surface area (Å²) in [4.78, 5) is 0. The van der Waals surface area contributed by atoms with E-state index in [1.807, 2.05) is 0 Å². The summed E-state index contributed by atoms with van der Waals surface area (Å²) < 4.78 is 0. The van der Waals surface area contributed by atoms with E-state index in [4.69, 9.17) is 0 Å². The predicted molar refractivity (Wildman–Crippen MR) is 208 cm³/mol. The van der Waals surface area contributed by atoms with Crippen LogP contribution < -0.4 is 0 Å². The topological polar surface area (TPSA) is 0 Å². The minimum atomic E-state index is 1.22. The quantitative estimate of drug-likeness (QED) is 0.176. The van der Waals surface area contributed by atoms with Gasteiger partial charge in [-0.1, -0.05) is 182 Å². The number of hydrogen-bond acceptors (Lipinski definition) is 0. The largest absolute Gasteiger partial charge is 0.0622 e. The van der Waals surface area contributed by atoms with Crippen molar-refractivity contribution in [2.45, 2.75) is 0 Å². The molecule has 0 aliphatic carbocycles. The predicted octanol–water partition coefficient (Wildman–Crippen LogP) is 13.6. The molecule has 0 fully saturated rings. The highest BCUT2D eigenvalue weighted by Crippen LogP contribution is 2.49. The second kappa shape index (κ2) is 10.7. The van der Waals surface area contributed by atoms with Crippen LogP contribution in [0.1, 0.15) is 0 Å². The molecular weight excluding hydrogens is 577 g/mol. The van der Waals surface area contributed by atoms with Gasteiger partial charge in [0.15, 0.2) is 0 Å². The van der Waals surface area contributed by atoms with Gasteiger partial charge < -0.3 is 0 Å². The molecule has 0 aliphatic rings. The Morgan fingerprint density at radius 3 is 1.12 bits per heavy atom. The summed E-state index contributed by atoms with van der Waals surface area (Å²) in [5.41, 5.74) is 7.48. The van der Waals surface area contributed by atoms with Crippen LogP contribution in [-0.2, 0) is 0 Å². The van der Waals surface area contributed by atoms with Crippen molar-refractivity contribution in [3.63, 3.8) is 0 Å². The fourth-order valence-electron chi connectivity index (χ4n) is 8.25. The van der Waals surface area contributed by atoms with Crippen LogP contribution in [0.15, 0.2) is 182 Å². The molecule has 0 bridgehead atoms. The van der Waals surface area contributed by atoms with Gasteiger partial charge in [0.2, 0.25) is 0 Å². The Kier molecular flexibility index (Phi) is 5.98. The summed E-state index contributed by atoms with van der Waals surface area (Å²) in [7, 11) is 0. The Morgan fingerprint density at radius 2 is 0.562 bits per heavy atom. The van der Waals surface area contributed by atoms with Crippen molar-refractivity contribution >= 4 is 64.6 Å². The van der Waals surface area contributed by atoms with Crippen molar-refractivity contribution < 1.29 is 0 Å². The van der Waals surface area contributed by atoms with Gasteiger partial charge in [-0.3, -0.25) is 0 Å². The average molecular weight is 607 g/mol. The maximum absolute atomic E-state index is 2.39. The Morgan fingerprint density at radius 1 is 0.188 bits per heavy atom. The number of rotatable bonds is 3. The Bertz CT molecular complexity index is 2800. The van der Waals surface area contributed by atoms with Gasteiger partial charge in [-0.2, -0.15) is 0 Å². The van der Waals surface area contributed by atoms with E-state index < -0.39 is 0 Å². The van der Waals surface area contributed by atoms with E-state index in [1.165, 1.54) is 98.0 Å². The second-order valence-electron chi connectivity index (χ2n) is 12.7. The fraction of sp³-hybridized carbons (Fsp3) is 0. The zero-order valence-electron chi connectivity index (χ0n) is 26.3. The van der Waals surface area contributed by atoms with Crippen molar-refractivity contribution in [1.29, 1.82) is 0 Å². The van der Waals surface area contributed by atoms with Crippen LogP contribution in [0.3, 0.4) is 0 Å². The van der Waals surface area contributed by atoms with Gasteiger partial charge in [0, 0.05) is 0 Å². The molecule has 10 aromatic rings. The third-order valence-corrected chi connectivity index (χ3v) is 10.2. The first-order valence-corrected chi connectivity index (χ1v) is 16.7. The highest BCUT2D eigenvalue weighted by Gasteiger charge is 2.22. The van der Waals surface area contributed by atoms with Crippen molar-refractivity contribution in [2.24, 2.45) is 0 Å². The lowest BCUT2D eigenvalue weighted by Gasteiger charge is -2.22. The van der Waals surface area contributed by atoms with E-state index in [0.717, 1.165) is 0 Å². The average Bonchev–Trinajstić information content (AvgIpc) is 3.18. The van der Waals surface area contributed by atoms with Crippen LogP contribution in [0.25, 0.3) is 98.0 Å². The molecule has 0 heterocycles. The third kappa shape index (κ3) is 3.90. The lowest BCUT2D eigenvalue weighted by atomic mass is 9.81. The summed E-state index contributed by atoms with van der Waals surface area (Å²) in [6.45, 7) is 0. The van der Waals surface area contributed by atoms with Crippen LogP contribution in [-0.4, -0.2) is 0 Å². The third-order valence-electron chi connectivity index (χ3n) is 10.2. The molecule has 0 heteroatoms. The van der Waals surface area contributed by atoms with Gasteiger partial charge in [-0.15, -0.1) is 0 Å². The second-order valence-corrected chi connectivity index (χ2v) is 12.7. The molecule has 0 atom stereocenters. The molecule has 0 amide bonds. The first-order valence-electron chi connectivity index (χ1n) is 16.7. The molecule has 0 nitrogen and oxygen atoms in total. The lowest BCUT2D eigenvalue weighted by Crippen LogP contribution is -1.94. The Hall–Kier alpha value is -6.24. The molecule has 0 spiro atoms. The molecule has 222 valence electrons. The summed E-state index contributed by atoms with van der Waals surface area (Å²) in [5, 5.41) is 15.5. The minimum absolute atomic E-state index is 1.22. The number of benzene rings is 10. The molecular formula is C48H30. The molecule has 10 rings (SSSR count). The zero-order chi connectivity index (χ0) is 31.6. The monoisotopic (exact) mass is 606 g/mol. The van der Waals surface area contributed by atoms with Gasteiger partial charge in [-0.05, 0) is 98.0 Å². The summed E-state index contributed by atoms with van der Waals surface area (Å²) in [6.07, 6.45) is 0. The molecule has 10 aromatic carbocycles. The number of fused-ring (bicyclic) bond motifs is 12. The minimum Gasteiger partial charge on any atom is -0.0622 e. The summed E-state index contributed by atoms with van der Waals surface area (Å²) in [6, 6.07) is 67.1. The van der Waals surface area contributed by atoms with E-state index in [9.17, 15) is 0 Å². The SMILES string of the molecule is c1ccc(-c2ccccc2-c2c(-c3cccc4c5ccccc5c5ccccc5c34)ccc3c4ccccc4c4ccccc4c23)cc1. The summed E-state index contributed by atoms with van der Waals surface area (Å²) in [5.74, 6) is 0. The van der Waals surface area contributed by atoms with Crippen molar-refractivity contribution in [3.05, 3.63) is 182 Å². The van der Waals surface area contributed by atoms with Gasteiger partial charge in [-0.25, -0.2) is 0 Å². The Labute approximate surface area is 279 Å². The lowest BCUT2D eigenvalue weighted by molar-refractivity contribution is 1.60. The van der Waals surface area contributed by atoms with Crippen molar-refractivity contribution in [3.8, 4) is 33.4 Å². The van der Waals surface area contributed by atoms with Gasteiger partial charge in [0.1, 0.15) is 0 Å². The molecule has 0 radical (unpaired) electrons. The maximum atomic E-state index is 2.39. The zero-order valence-corrected chi connectivity index (χ0v) is 26.3. The molecule has 0 aliphatic heterocycles. The van der Waals surface area contributed by atoms with E-state index in [2.05, 4.69) is 182 Å². The normalized spacial score (nSPS) is 11.8. The molecule has 0 unspecified atom stereocenters. The highest BCUT2D eigenvalue weighted by atomic mass is 14.2. The van der Waals surface area contributed by atoms with Crippen LogP contribution in [0, 0.1) is 0 Å². The van der Waals surface area contributed by atoms with E-state index in [-0.39, 0.29) is 0 Å². The van der Waals surface area contributed by atoms with Crippen molar-refractivity contribution in [2.75, 3.05) is 0 Å². The smallest absolute Gasteiger partial charge is 0.00139 e. The first-order chi connectivity index (χ1) is 23.9. The molecule has 0 aromatic heterocycles. The molecule has 0 saturated carbocycles. The molecule has 0 saturated heterocycles. The summed E-state index contributed by atoms with van der Waals surface area (Å²) >= 11 is 0. The van der Waals surface area contributed by atoms with Gasteiger partial charge >= 0.3 is 0 Å². The van der Waals surface area contributed by atoms with Gasteiger partial charge in [0.05, 0.1) is 0 Å². The molecule has 0 N–H and O–H groups in total. The highest BCUT2D eigenvalue weighted by molar-refractivity contribution is 6.32. The Balaban J connectivity index is 1.46. The van der Waals surface area contributed by atoms with Crippen LogP contribution in [0.4, 0.5) is 0 Å². The van der Waals surface area contributed by atoms with Crippen molar-refractivity contribution in [1.82, 2.24) is 0 Å². The van der Waals surface area contributed by atoms with Crippen LogP contribution >= 0.6 is 0 Å². The first kappa shape index (κ1) is 26.9. The van der Waals surface area contributed by atoms with E-state index in [0.29, 0.717) is 0 Å². The maximum Gasteiger partial charge on any atom is -0.00139 e. The standard InChI is InChI=1S/C48H30/c1-2-15-31(16-3-1)32-17-4-11-24-39(32)47-45(30-29-44-38-23-8-6-19-34(38)37-22-10-13-26-42(37)48(44)47)43-28-14-27-41-36-20-7-5-18-33(36)35-21-9-12-25-40(35)46(41)43/h1-30H. The van der Waals surface area contributed by atoms with E-state index in [1.54, 1.807) is 0 Å². The van der Waals surface area contributed by atoms with Gasteiger partial charge in [0.25, 0.3) is 0 Å².